The fraction of sp³-hybridized carbons (Fsp3) is 0.308. The zero-order chi connectivity index (χ0) is 14.4. The van der Waals surface area contributed by atoms with E-state index in [1.807, 2.05) is 19.1 Å². The average Bonchev–Trinajstić information content (AvgIpc) is 2.86. The molecule has 0 saturated carbocycles. The number of amides is 1. The minimum Gasteiger partial charge on any atom is -0.382 e. The molecule has 2 N–H and O–H groups in total. The van der Waals surface area contributed by atoms with Crippen molar-refractivity contribution in [1.82, 2.24) is 20.1 Å². The standard InChI is InChI=1S/C13H16ClN5O/c1-2-19-9-11(14)12(18-19)13(20)17-7-6-16-10-4-3-5-15-8-10/h3-5,8-9,16H,2,6-7H2,1H3,(H,17,20). The van der Waals surface area contributed by atoms with Gasteiger partial charge in [0.05, 0.1) is 10.7 Å². The van der Waals surface area contributed by atoms with Crippen LogP contribution in [0.2, 0.25) is 5.02 Å². The average molecular weight is 294 g/mol. The molecule has 6 nitrogen and oxygen atoms in total. The van der Waals surface area contributed by atoms with Gasteiger partial charge in [-0.1, -0.05) is 11.6 Å². The molecule has 0 aliphatic carbocycles. The van der Waals surface area contributed by atoms with Crippen molar-refractivity contribution in [3.8, 4) is 0 Å². The Hall–Kier alpha value is -2.08. The summed E-state index contributed by atoms with van der Waals surface area (Å²) in [4.78, 5) is 15.9. The predicted octanol–water partition coefficient (Wildman–Crippen LogP) is 1.79. The molecule has 0 atom stereocenters. The first-order chi connectivity index (χ1) is 9.70. The normalized spacial score (nSPS) is 10.3. The van der Waals surface area contributed by atoms with E-state index in [0.717, 1.165) is 5.69 Å². The molecule has 2 heterocycles. The summed E-state index contributed by atoms with van der Waals surface area (Å²) in [6, 6.07) is 3.76. The lowest BCUT2D eigenvalue weighted by molar-refractivity contribution is 0.0949. The number of rotatable bonds is 6. The van der Waals surface area contributed by atoms with Gasteiger partial charge in [-0.2, -0.15) is 5.10 Å². The smallest absolute Gasteiger partial charge is 0.273 e. The maximum Gasteiger partial charge on any atom is 0.273 e. The van der Waals surface area contributed by atoms with Gasteiger partial charge in [0.15, 0.2) is 5.69 Å². The second-order valence-electron chi connectivity index (χ2n) is 4.11. The summed E-state index contributed by atoms with van der Waals surface area (Å²) in [5.41, 5.74) is 1.17. The summed E-state index contributed by atoms with van der Waals surface area (Å²) in [5, 5.41) is 10.4. The van der Waals surface area contributed by atoms with Crippen LogP contribution in [0.15, 0.2) is 30.7 Å². The Bertz CT molecular complexity index is 569. The Balaban J connectivity index is 1.79. The van der Waals surface area contributed by atoms with Crippen molar-refractivity contribution in [2.24, 2.45) is 0 Å². The summed E-state index contributed by atoms with van der Waals surface area (Å²) in [6.45, 7) is 3.69. The number of pyridine rings is 1. The number of halogens is 1. The lowest BCUT2D eigenvalue weighted by atomic mass is 10.4. The second-order valence-corrected chi connectivity index (χ2v) is 4.51. The molecule has 0 aliphatic heterocycles. The largest absolute Gasteiger partial charge is 0.382 e. The van der Waals surface area contributed by atoms with Crippen LogP contribution in [0.4, 0.5) is 5.69 Å². The van der Waals surface area contributed by atoms with E-state index in [4.69, 9.17) is 11.6 Å². The molecule has 0 bridgehead atoms. The molecule has 0 spiro atoms. The van der Waals surface area contributed by atoms with E-state index < -0.39 is 0 Å². The highest BCUT2D eigenvalue weighted by atomic mass is 35.5. The molecule has 0 radical (unpaired) electrons. The molecule has 0 saturated heterocycles. The number of nitrogens with one attached hydrogen (secondary N) is 2. The third kappa shape index (κ3) is 3.71. The van der Waals surface area contributed by atoms with Gasteiger partial charge < -0.3 is 10.6 Å². The van der Waals surface area contributed by atoms with Crippen LogP contribution < -0.4 is 10.6 Å². The molecule has 1 amide bonds. The van der Waals surface area contributed by atoms with Crippen molar-refractivity contribution < 1.29 is 4.79 Å². The number of hydrogen-bond donors (Lipinski definition) is 2. The first-order valence-corrected chi connectivity index (χ1v) is 6.73. The number of hydrogen-bond acceptors (Lipinski definition) is 4. The Labute approximate surface area is 122 Å². The summed E-state index contributed by atoms with van der Waals surface area (Å²) in [7, 11) is 0. The van der Waals surface area contributed by atoms with Crippen molar-refractivity contribution in [2.75, 3.05) is 18.4 Å². The molecule has 2 rings (SSSR count). The molecule has 0 aliphatic rings. The topological polar surface area (TPSA) is 71.8 Å². The lowest BCUT2D eigenvalue weighted by Crippen LogP contribution is -2.29. The first kappa shape index (κ1) is 14.3. The Morgan fingerprint density at radius 3 is 2.95 bits per heavy atom. The quantitative estimate of drug-likeness (QED) is 0.797. The Kier molecular flexibility index (Phi) is 4.95. The summed E-state index contributed by atoms with van der Waals surface area (Å²) in [6.07, 6.45) is 5.07. The van der Waals surface area contributed by atoms with Crippen LogP contribution in [0.1, 0.15) is 17.4 Å². The number of aromatic nitrogens is 3. The SMILES string of the molecule is CCn1cc(Cl)c(C(=O)NCCNc2cccnc2)n1. The molecule has 2 aromatic heterocycles. The van der Waals surface area contributed by atoms with E-state index in [9.17, 15) is 4.79 Å². The van der Waals surface area contributed by atoms with E-state index in [2.05, 4.69) is 20.7 Å². The van der Waals surface area contributed by atoms with Crippen LogP contribution in [-0.2, 0) is 6.54 Å². The van der Waals surface area contributed by atoms with Crippen LogP contribution in [0.25, 0.3) is 0 Å². The third-order valence-corrected chi connectivity index (χ3v) is 2.93. The monoisotopic (exact) mass is 293 g/mol. The van der Waals surface area contributed by atoms with Gasteiger partial charge in [0, 0.05) is 38.2 Å². The number of anilines is 1. The van der Waals surface area contributed by atoms with Crippen LogP contribution in [0.3, 0.4) is 0 Å². The predicted molar refractivity (Wildman–Crippen MR) is 78.0 cm³/mol. The fourth-order valence-corrected chi connectivity index (χ4v) is 1.88. The number of carbonyl (C=O) groups excluding carboxylic acids is 1. The van der Waals surface area contributed by atoms with Crippen LogP contribution >= 0.6 is 11.6 Å². The van der Waals surface area contributed by atoms with Gasteiger partial charge in [0.25, 0.3) is 5.91 Å². The van der Waals surface area contributed by atoms with Crippen molar-refractivity contribution in [3.05, 3.63) is 41.4 Å². The molecular weight excluding hydrogens is 278 g/mol. The van der Waals surface area contributed by atoms with Gasteiger partial charge in [0.2, 0.25) is 0 Å². The van der Waals surface area contributed by atoms with E-state index in [0.29, 0.717) is 24.7 Å². The molecule has 0 aromatic carbocycles. The van der Waals surface area contributed by atoms with E-state index in [1.54, 1.807) is 23.3 Å². The molecule has 106 valence electrons. The molecule has 2 aromatic rings. The van der Waals surface area contributed by atoms with Gasteiger partial charge in [-0.3, -0.25) is 14.5 Å². The van der Waals surface area contributed by atoms with Crippen LogP contribution in [0.5, 0.6) is 0 Å². The zero-order valence-electron chi connectivity index (χ0n) is 11.1. The number of aryl methyl sites for hydroxylation is 1. The van der Waals surface area contributed by atoms with E-state index in [-0.39, 0.29) is 11.6 Å². The van der Waals surface area contributed by atoms with E-state index >= 15 is 0 Å². The number of nitrogens with zero attached hydrogens (tertiary/aromatic N) is 3. The van der Waals surface area contributed by atoms with Crippen molar-refractivity contribution in [1.29, 1.82) is 0 Å². The Morgan fingerprint density at radius 2 is 2.30 bits per heavy atom. The molecule has 0 unspecified atom stereocenters. The first-order valence-electron chi connectivity index (χ1n) is 6.35. The third-order valence-electron chi connectivity index (χ3n) is 2.66. The minimum atomic E-state index is -0.268. The summed E-state index contributed by atoms with van der Waals surface area (Å²) in [5.74, 6) is -0.268. The van der Waals surface area contributed by atoms with Gasteiger partial charge in [-0.15, -0.1) is 0 Å². The van der Waals surface area contributed by atoms with Gasteiger partial charge in [-0.05, 0) is 19.1 Å². The summed E-state index contributed by atoms with van der Waals surface area (Å²) >= 11 is 5.96. The second kappa shape index (κ2) is 6.91. The molecule has 7 heteroatoms. The highest BCUT2D eigenvalue weighted by molar-refractivity contribution is 6.33. The van der Waals surface area contributed by atoms with Crippen LogP contribution in [-0.4, -0.2) is 33.8 Å². The maximum atomic E-state index is 11.9. The molecule has 20 heavy (non-hydrogen) atoms. The van der Waals surface area contributed by atoms with Crippen LogP contribution in [0, 0.1) is 0 Å². The lowest BCUT2D eigenvalue weighted by Gasteiger charge is -2.06. The highest BCUT2D eigenvalue weighted by Crippen LogP contribution is 2.13. The fourth-order valence-electron chi connectivity index (χ4n) is 1.65. The number of carbonyl (C=O) groups is 1. The maximum absolute atomic E-state index is 11.9. The van der Waals surface area contributed by atoms with Gasteiger partial charge >= 0.3 is 0 Å². The van der Waals surface area contributed by atoms with Crippen molar-refractivity contribution in [3.63, 3.8) is 0 Å². The Morgan fingerprint density at radius 1 is 1.45 bits per heavy atom. The zero-order valence-corrected chi connectivity index (χ0v) is 11.9. The van der Waals surface area contributed by atoms with Crippen molar-refractivity contribution in [2.45, 2.75) is 13.5 Å². The highest BCUT2D eigenvalue weighted by Gasteiger charge is 2.14. The summed E-state index contributed by atoms with van der Waals surface area (Å²) < 4.78 is 1.63. The van der Waals surface area contributed by atoms with Gasteiger partial charge in [0.1, 0.15) is 0 Å². The minimum absolute atomic E-state index is 0.259. The van der Waals surface area contributed by atoms with Crippen molar-refractivity contribution >= 4 is 23.2 Å². The molecular formula is C13H16ClN5O. The van der Waals surface area contributed by atoms with Gasteiger partial charge in [-0.25, -0.2) is 0 Å². The molecule has 0 fully saturated rings. The van der Waals surface area contributed by atoms with E-state index in [1.165, 1.54) is 0 Å².